The molecule has 1 aliphatic heterocycles. The molecule has 4 rings (SSSR count). The number of nitrogens with zero attached hydrogens (tertiary/aromatic N) is 3. The minimum atomic E-state index is -1.10. The highest BCUT2D eigenvalue weighted by Gasteiger charge is 2.42. The fourth-order valence-electron chi connectivity index (χ4n) is 3.87. The lowest BCUT2D eigenvalue weighted by atomic mass is 10.1. The molecule has 178 valence electrons. The number of fused-ring (bicyclic) bond motifs is 1. The van der Waals surface area contributed by atoms with E-state index >= 15 is 0 Å². The van der Waals surface area contributed by atoms with Crippen molar-refractivity contribution in [3.63, 3.8) is 0 Å². The highest BCUT2D eigenvalue weighted by atomic mass is 16.6. The normalized spacial score (nSPS) is 18.1. The summed E-state index contributed by atoms with van der Waals surface area (Å²) in [5.41, 5.74) is 1.18. The van der Waals surface area contributed by atoms with Crippen LogP contribution >= 0.6 is 0 Å². The quantitative estimate of drug-likeness (QED) is 0.598. The highest BCUT2D eigenvalue weighted by Crippen LogP contribution is 2.34. The Hall–Kier alpha value is -3.88. The number of amides is 1. The lowest BCUT2D eigenvalue weighted by molar-refractivity contribution is -0.142. The van der Waals surface area contributed by atoms with Gasteiger partial charge in [-0.1, -0.05) is 6.07 Å². The van der Waals surface area contributed by atoms with E-state index in [9.17, 15) is 14.7 Å². The summed E-state index contributed by atoms with van der Waals surface area (Å²) in [4.78, 5) is 34.8. The molecule has 0 radical (unpaired) electrons. The molecule has 0 saturated carbocycles. The van der Waals surface area contributed by atoms with Crippen LogP contribution in [0.2, 0.25) is 0 Å². The first kappa shape index (κ1) is 23.3. The van der Waals surface area contributed by atoms with Crippen molar-refractivity contribution in [2.75, 3.05) is 13.7 Å². The van der Waals surface area contributed by atoms with Crippen molar-refractivity contribution in [2.45, 2.75) is 44.9 Å². The van der Waals surface area contributed by atoms with Gasteiger partial charge in [-0.15, -0.1) is 0 Å². The molecule has 3 aromatic rings. The van der Waals surface area contributed by atoms with Gasteiger partial charge in [0.2, 0.25) is 0 Å². The second-order valence-corrected chi connectivity index (χ2v) is 9.07. The summed E-state index contributed by atoms with van der Waals surface area (Å²) < 4.78 is 17.0. The molecule has 1 aromatic carbocycles. The van der Waals surface area contributed by atoms with Gasteiger partial charge in [-0.3, -0.25) is 9.88 Å². The van der Waals surface area contributed by atoms with Gasteiger partial charge in [0.05, 0.1) is 30.6 Å². The van der Waals surface area contributed by atoms with E-state index in [1.165, 1.54) is 4.90 Å². The number of likely N-dealkylation sites (tertiary alicyclic amines) is 1. The van der Waals surface area contributed by atoms with E-state index in [-0.39, 0.29) is 13.0 Å². The summed E-state index contributed by atoms with van der Waals surface area (Å²) in [7, 11) is 1.58. The van der Waals surface area contributed by atoms with Crippen molar-refractivity contribution >= 4 is 23.0 Å². The van der Waals surface area contributed by atoms with Gasteiger partial charge in [0, 0.05) is 30.1 Å². The van der Waals surface area contributed by atoms with E-state index < -0.39 is 29.8 Å². The molecule has 1 fully saturated rings. The first-order chi connectivity index (χ1) is 16.1. The number of carboxylic acids is 1. The Kier molecular flexibility index (Phi) is 6.28. The second kappa shape index (κ2) is 9.17. The molecule has 1 saturated heterocycles. The molecular weight excluding hydrogens is 438 g/mol. The van der Waals surface area contributed by atoms with Crippen LogP contribution in [0.25, 0.3) is 22.3 Å². The number of carbonyl (C=O) groups is 2. The molecule has 34 heavy (non-hydrogen) atoms. The van der Waals surface area contributed by atoms with E-state index in [1.54, 1.807) is 52.3 Å². The third-order valence-electron chi connectivity index (χ3n) is 5.38. The Morgan fingerprint density at radius 3 is 2.56 bits per heavy atom. The third kappa shape index (κ3) is 5.03. The van der Waals surface area contributed by atoms with Crippen LogP contribution in [0.15, 0.2) is 48.7 Å². The summed E-state index contributed by atoms with van der Waals surface area (Å²) in [6.45, 7) is 5.30. The number of hydrogen-bond acceptors (Lipinski definition) is 7. The highest BCUT2D eigenvalue weighted by molar-refractivity contribution is 5.89. The molecule has 1 amide bonds. The largest absolute Gasteiger partial charge is 0.497 e. The van der Waals surface area contributed by atoms with E-state index in [2.05, 4.69) is 4.98 Å². The molecule has 0 bridgehead atoms. The Balaban J connectivity index is 1.68. The second-order valence-electron chi connectivity index (χ2n) is 9.07. The van der Waals surface area contributed by atoms with E-state index in [0.717, 1.165) is 5.39 Å². The predicted octanol–water partition coefficient (Wildman–Crippen LogP) is 4.15. The predicted molar refractivity (Wildman–Crippen MR) is 125 cm³/mol. The van der Waals surface area contributed by atoms with Crippen LogP contribution in [0, 0.1) is 0 Å². The van der Waals surface area contributed by atoms with Crippen LogP contribution in [0.4, 0.5) is 4.79 Å². The van der Waals surface area contributed by atoms with Crippen molar-refractivity contribution in [3.05, 3.63) is 48.7 Å². The fraction of sp³-hybridized carbons (Fsp3) is 0.360. The number of ether oxygens (including phenoxy) is 3. The molecule has 0 unspecified atom stereocenters. The summed E-state index contributed by atoms with van der Waals surface area (Å²) >= 11 is 0. The third-order valence-corrected chi connectivity index (χ3v) is 5.38. The van der Waals surface area contributed by atoms with Crippen LogP contribution in [0.3, 0.4) is 0 Å². The minimum Gasteiger partial charge on any atom is -0.497 e. The molecule has 2 atom stereocenters. The van der Waals surface area contributed by atoms with Crippen molar-refractivity contribution in [1.82, 2.24) is 14.9 Å². The minimum absolute atomic E-state index is 0.0881. The molecule has 0 spiro atoms. The zero-order valence-electron chi connectivity index (χ0n) is 19.5. The Bertz CT molecular complexity index is 1210. The summed E-state index contributed by atoms with van der Waals surface area (Å²) in [6.07, 6.45) is 0.593. The Morgan fingerprint density at radius 2 is 1.91 bits per heavy atom. The molecule has 3 heterocycles. The lowest BCUT2D eigenvalue weighted by Gasteiger charge is -2.26. The number of benzene rings is 1. The number of aliphatic carboxylic acids is 1. The van der Waals surface area contributed by atoms with Gasteiger partial charge < -0.3 is 19.3 Å². The average molecular weight is 466 g/mol. The van der Waals surface area contributed by atoms with Crippen molar-refractivity contribution in [2.24, 2.45) is 0 Å². The maximum atomic E-state index is 12.6. The first-order valence-corrected chi connectivity index (χ1v) is 10.9. The van der Waals surface area contributed by atoms with Crippen LogP contribution < -0.4 is 9.47 Å². The number of rotatable bonds is 5. The van der Waals surface area contributed by atoms with Crippen molar-refractivity contribution < 1.29 is 28.9 Å². The summed E-state index contributed by atoms with van der Waals surface area (Å²) in [6, 6.07) is 11.7. The van der Waals surface area contributed by atoms with Gasteiger partial charge >= 0.3 is 12.1 Å². The van der Waals surface area contributed by atoms with Gasteiger partial charge in [0.15, 0.2) is 0 Å². The van der Waals surface area contributed by atoms with Gasteiger partial charge in [-0.2, -0.15) is 0 Å². The van der Waals surface area contributed by atoms with Crippen LogP contribution in [0.1, 0.15) is 27.2 Å². The zero-order chi connectivity index (χ0) is 24.5. The van der Waals surface area contributed by atoms with Crippen molar-refractivity contribution in [3.8, 4) is 22.9 Å². The van der Waals surface area contributed by atoms with Gasteiger partial charge in [-0.05, 0) is 45.0 Å². The first-order valence-electron chi connectivity index (χ1n) is 10.9. The molecular formula is C25H27N3O6. The molecule has 9 nitrogen and oxygen atoms in total. The van der Waals surface area contributed by atoms with Crippen LogP contribution in [-0.4, -0.2) is 63.4 Å². The molecule has 1 aliphatic rings. The summed E-state index contributed by atoms with van der Waals surface area (Å²) in [5, 5.41) is 10.4. The number of pyridine rings is 2. The lowest BCUT2D eigenvalue weighted by Crippen LogP contribution is -2.43. The maximum Gasteiger partial charge on any atom is 0.411 e. The number of carboxylic acid groups (broad SMARTS) is 1. The number of carbonyl (C=O) groups excluding carboxylic acids is 1. The standard InChI is InChI=1S/C25H27N3O6/c1-25(2,3)34-24(31)28-14-16(12-21(28)23(29)30)33-22-13-20(18-7-5-6-10-26-18)27-19-11-15(32-4)8-9-17(19)22/h5-11,13,16,21H,12,14H2,1-4H3,(H,29,30)/t16-,21+/m1/s1. The molecule has 1 N–H and O–H groups in total. The summed E-state index contributed by atoms with van der Waals surface area (Å²) in [5.74, 6) is 0.0657. The fourth-order valence-corrected chi connectivity index (χ4v) is 3.87. The van der Waals surface area contributed by atoms with E-state index in [1.807, 2.05) is 24.3 Å². The zero-order valence-corrected chi connectivity index (χ0v) is 19.5. The number of methoxy groups -OCH3 is 1. The number of aromatic nitrogens is 2. The van der Waals surface area contributed by atoms with Crippen molar-refractivity contribution in [1.29, 1.82) is 0 Å². The molecule has 9 heteroatoms. The molecule has 2 aromatic heterocycles. The average Bonchev–Trinajstić information content (AvgIpc) is 3.22. The maximum absolute atomic E-state index is 12.6. The molecule has 0 aliphatic carbocycles. The van der Waals surface area contributed by atoms with E-state index in [0.29, 0.717) is 28.4 Å². The van der Waals surface area contributed by atoms with Crippen LogP contribution in [0.5, 0.6) is 11.5 Å². The monoisotopic (exact) mass is 465 g/mol. The van der Waals surface area contributed by atoms with Crippen LogP contribution in [-0.2, 0) is 9.53 Å². The van der Waals surface area contributed by atoms with Gasteiger partial charge in [0.25, 0.3) is 0 Å². The van der Waals surface area contributed by atoms with Gasteiger partial charge in [0.1, 0.15) is 29.2 Å². The smallest absolute Gasteiger partial charge is 0.411 e. The Labute approximate surface area is 197 Å². The topological polar surface area (TPSA) is 111 Å². The number of hydrogen-bond donors (Lipinski definition) is 1. The van der Waals surface area contributed by atoms with E-state index in [4.69, 9.17) is 19.2 Å². The SMILES string of the molecule is COc1ccc2c(O[C@@H]3C[C@@H](C(=O)O)N(C(=O)OC(C)(C)C)C3)cc(-c3ccccn3)nc2c1. The van der Waals surface area contributed by atoms with Gasteiger partial charge in [-0.25, -0.2) is 14.6 Å². The Morgan fingerprint density at radius 1 is 1.12 bits per heavy atom.